The molecule has 1 aromatic heterocycles. The van der Waals surface area contributed by atoms with E-state index in [1.807, 2.05) is 12.1 Å². The lowest BCUT2D eigenvalue weighted by atomic mass is 9.96. The van der Waals surface area contributed by atoms with Crippen molar-refractivity contribution in [1.29, 1.82) is 0 Å². The van der Waals surface area contributed by atoms with Crippen LogP contribution in [0.2, 0.25) is 0 Å². The number of carbonyl (C=O) groups is 3. The Morgan fingerprint density at radius 2 is 1.90 bits per heavy atom. The highest BCUT2D eigenvalue weighted by atomic mass is 16.4. The van der Waals surface area contributed by atoms with Crippen molar-refractivity contribution in [2.75, 3.05) is 6.54 Å². The van der Waals surface area contributed by atoms with E-state index in [1.165, 1.54) is 17.2 Å². The van der Waals surface area contributed by atoms with Gasteiger partial charge in [-0.25, -0.2) is 14.3 Å². The van der Waals surface area contributed by atoms with Crippen LogP contribution in [0.3, 0.4) is 0 Å². The lowest BCUT2D eigenvalue weighted by Gasteiger charge is -2.22. The monoisotopic (exact) mass is 399 g/mol. The third-order valence-electron chi connectivity index (χ3n) is 4.82. The molecule has 0 spiro atoms. The van der Waals surface area contributed by atoms with Gasteiger partial charge in [-0.05, 0) is 36.6 Å². The van der Waals surface area contributed by atoms with E-state index in [-0.39, 0.29) is 36.8 Å². The minimum absolute atomic E-state index is 0.0405. The third-order valence-corrected chi connectivity index (χ3v) is 4.82. The zero-order valence-corrected chi connectivity index (χ0v) is 16.1. The number of urea groups is 1. The van der Waals surface area contributed by atoms with Crippen LogP contribution in [0.5, 0.6) is 0 Å². The zero-order valence-electron chi connectivity index (χ0n) is 16.1. The summed E-state index contributed by atoms with van der Waals surface area (Å²) in [6.07, 6.45) is 7.00. The summed E-state index contributed by atoms with van der Waals surface area (Å²) >= 11 is 0. The fourth-order valence-electron chi connectivity index (χ4n) is 3.30. The first-order valence-electron chi connectivity index (χ1n) is 9.70. The van der Waals surface area contributed by atoms with Gasteiger partial charge < -0.3 is 21.1 Å². The van der Waals surface area contributed by atoms with Crippen LogP contribution in [0, 0.1) is 0 Å². The molecule has 1 aliphatic carbocycles. The zero-order chi connectivity index (χ0) is 20.6. The summed E-state index contributed by atoms with van der Waals surface area (Å²) in [5.41, 5.74) is 1.48. The second-order valence-electron chi connectivity index (χ2n) is 7.06. The van der Waals surface area contributed by atoms with Crippen LogP contribution in [0.25, 0.3) is 5.69 Å². The molecule has 29 heavy (non-hydrogen) atoms. The largest absolute Gasteiger partial charge is 0.476 e. The van der Waals surface area contributed by atoms with Gasteiger partial charge in [0.15, 0.2) is 5.69 Å². The highest BCUT2D eigenvalue weighted by Gasteiger charge is 2.15. The average molecular weight is 399 g/mol. The lowest BCUT2D eigenvalue weighted by molar-refractivity contribution is -0.120. The molecule has 1 heterocycles. The normalized spacial score (nSPS) is 14.2. The van der Waals surface area contributed by atoms with E-state index >= 15 is 0 Å². The fraction of sp³-hybridized carbons (Fsp3) is 0.400. The summed E-state index contributed by atoms with van der Waals surface area (Å²) in [5, 5.41) is 21.2. The minimum atomic E-state index is -1.09. The molecule has 3 rings (SSSR count). The number of benzene rings is 1. The molecule has 0 radical (unpaired) electrons. The Labute approximate surface area is 168 Å². The maximum Gasteiger partial charge on any atom is 0.356 e. The van der Waals surface area contributed by atoms with Crippen molar-refractivity contribution in [1.82, 2.24) is 25.7 Å². The number of aromatic nitrogens is 2. The molecule has 0 saturated heterocycles. The van der Waals surface area contributed by atoms with Gasteiger partial charge in [0.1, 0.15) is 0 Å². The number of carboxylic acids is 1. The molecule has 2 aromatic rings. The van der Waals surface area contributed by atoms with Crippen LogP contribution >= 0.6 is 0 Å². The SMILES string of the molecule is O=C(CNC(=O)NC1CCCCC1)NCc1cccc(-n2ccc(C(=O)O)n2)c1. The topological polar surface area (TPSA) is 125 Å². The van der Waals surface area contributed by atoms with Gasteiger partial charge in [0, 0.05) is 18.8 Å². The van der Waals surface area contributed by atoms with E-state index in [0.29, 0.717) is 5.69 Å². The van der Waals surface area contributed by atoms with E-state index in [2.05, 4.69) is 21.0 Å². The summed E-state index contributed by atoms with van der Waals surface area (Å²) in [4.78, 5) is 34.9. The van der Waals surface area contributed by atoms with Crippen LogP contribution in [0.15, 0.2) is 36.5 Å². The number of nitrogens with one attached hydrogen (secondary N) is 3. The van der Waals surface area contributed by atoms with E-state index in [1.54, 1.807) is 18.3 Å². The molecule has 9 nitrogen and oxygen atoms in total. The van der Waals surface area contributed by atoms with Crippen LogP contribution in [-0.4, -0.2) is 45.4 Å². The Kier molecular flexibility index (Phi) is 6.83. The van der Waals surface area contributed by atoms with Crippen LogP contribution in [0.4, 0.5) is 4.79 Å². The van der Waals surface area contributed by atoms with Crippen LogP contribution in [-0.2, 0) is 11.3 Å². The van der Waals surface area contributed by atoms with E-state index in [9.17, 15) is 14.4 Å². The first-order chi connectivity index (χ1) is 14.0. The summed E-state index contributed by atoms with van der Waals surface area (Å²) in [7, 11) is 0. The van der Waals surface area contributed by atoms with Gasteiger partial charge in [0.25, 0.3) is 0 Å². The van der Waals surface area contributed by atoms with Crippen LogP contribution in [0.1, 0.15) is 48.2 Å². The number of carbonyl (C=O) groups excluding carboxylic acids is 2. The average Bonchev–Trinajstić information content (AvgIpc) is 3.22. The van der Waals surface area contributed by atoms with Crippen molar-refractivity contribution in [2.45, 2.75) is 44.7 Å². The number of aromatic carboxylic acids is 1. The molecule has 1 fully saturated rings. The summed E-state index contributed by atoms with van der Waals surface area (Å²) in [6, 6.07) is 8.54. The van der Waals surface area contributed by atoms with Gasteiger partial charge in [-0.15, -0.1) is 0 Å². The summed E-state index contributed by atoms with van der Waals surface area (Å²) < 4.78 is 1.46. The van der Waals surface area contributed by atoms with Crippen molar-refractivity contribution < 1.29 is 19.5 Å². The second kappa shape index (κ2) is 9.72. The smallest absolute Gasteiger partial charge is 0.356 e. The van der Waals surface area contributed by atoms with Crippen molar-refractivity contribution in [3.05, 3.63) is 47.8 Å². The molecule has 154 valence electrons. The summed E-state index contributed by atoms with van der Waals surface area (Å²) in [6.45, 7) is 0.186. The van der Waals surface area contributed by atoms with Gasteiger partial charge in [0.05, 0.1) is 12.2 Å². The molecule has 0 atom stereocenters. The van der Waals surface area contributed by atoms with Gasteiger partial charge >= 0.3 is 12.0 Å². The predicted octanol–water partition coefficient (Wildman–Crippen LogP) is 1.82. The maximum absolute atomic E-state index is 12.0. The quantitative estimate of drug-likeness (QED) is 0.565. The van der Waals surface area contributed by atoms with Gasteiger partial charge in [0.2, 0.25) is 5.91 Å². The minimum Gasteiger partial charge on any atom is -0.476 e. The lowest BCUT2D eigenvalue weighted by Crippen LogP contribution is -2.46. The van der Waals surface area contributed by atoms with Gasteiger partial charge in [-0.3, -0.25) is 4.79 Å². The Bertz CT molecular complexity index is 873. The molecule has 1 aliphatic rings. The third kappa shape index (κ3) is 6.06. The number of amides is 3. The van der Waals surface area contributed by atoms with E-state index in [0.717, 1.165) is 31.2 Å². The van der Waals surface area contributed by atoms with Crippen molar-refractivity contribution in [2.24, 2.45) is 0 Å². The Hall–Kier alpha value is -3.36. The molecule has 0 unspecified atom stereocenters. The molecule has 3 amide bonds. The van der Waals surface area contributed by atoms with Crippen molar-refractivity contribution >= 4 is 17.9 Å². The molecule has 9 heteroatoms. The maximum atomic E-state index is 12.0. The molecule has 4 N–H and O–H groups in total. The Morgan fingerprint density at radius 3 is 2.62 bits per heavy atom. The standard InChI is InChI=1S/C20H25N5O4/c26-18(13-22-20(29)23-15-6-2-1-3-7-15)21-12-14-5-4-8-16(11-14)25-10-9-17(24-25)19(27)28/h4-5,8-11,15H,1-3,6-7,12-13H2,(H,21,26)(H,27,28)(H2,22,23,29). The Balaban J connectivity index is 1.45. The molecule has 0 aliphatic heterocycles. The molecular weight excluding hydrogens is 374 g/mol. The highest BCUT2D eigenvalue weighted by molar-refractivity contribution is 5.85. The molecule has 1 aromatic carbocycles. The van der Waals surface area contributed by atoms with E-state index in [4.69, 9.17) is 5.11 Å². The van der Waals surface area contributed by atoms with Gasteiger partial charge in [-0.2, -0.15) is 5.10 Å². The first-order valence-corrected chi connectivity index (χ1v) is 9.70. The highest BCUT2D eigenvalue weighted by Crippen LogP contribution is 2.17. The van der Waals surface area contributed by atoms with Crippen molar-refractivity contribution in [3.8, 4) is 5.69 Å². The fourth-order valence-corrected chi connectivity index (χ4v) is 3.30. The first kappa shape index (κ1) is 20.4. The second-order valence-corrected chi connectivity index (χ2v) is 7.06. The van der Waals surface area contributed by atoms with Crippen LogP contribution < -0.4 is 16.0 Å². The molecule has 0 bridgehead atoms. The van der Waals surface area contributed by atoms with Gasteiger partial charge in [-0.1, -0.05) is 31.4 Å². The number of hydrogen-bond acceptors (Lipinski definition) is 4. The molecule has 1 saturated carbocycles. The number of hydrogen-bond donors (Lipinski definition) is 4. The number of nitrogens with zero attached hydrogens (tertiary/aromatic N) is 2. The Morgan fingerprint density at radius 1 is 1.10 bits per heavy atom. The molecular formula is C20H25N5O4. The summed E-state index contributed by atoms with van der Waals surface area (Å²) in [5.74, 6) is -1.38. The number of rotatable bonds is 7. The number of carboxylic acid groups (broad SMARTS) is 1. The van der Waals surface area contributed by atoms with E-state index < -0.39 is 5.97 Å². The van der Waals surface area contributed by atoms with Crippen molar-refractivity contribution in [3.63, 3.8) is 0 Å². The predicted molar refractivity (Wildman–Crippen MR) is 106 cm³/mol.